The molecule has 1 aliphatic rings. The van der Waals surface area contributed by atoms with Crippen molar-refractivity contribution in [1.29, 1.82) is 0 Å². The summed E-state index contributed by atoms with van der Waals surface area (Å²) in [5, 5.41) is 10.7. The highest BCUT2D eigenvalue weighted by molar-refractivity contribution is 5.69. The van der Waals surface area contributed by atoms with Gasteiger partial charge in [0.2, 0.25) is 0 Å². The fraction of sp³-hybridized carbons (Fsp3) is 0.222. The highest BCUT2D eigenvalue weighted by Crippen LogP contribution is 2.32. The molecule has 0 amide bonds. The van der Waals surface area contributed by atoms with Crippen molar-refractivity contribution in [2.24, 2.45) is 0 Å². The summed E-state index contributed by atoms with van der Waals surface area (Å²) >= 11 is 0. The molecule has 2 aromatic carbocycles. The Balaban J connectivity index is 1.90. The first-order valence-electron chi connectivity index (χ1n) is 7.28. The molecule has 1 atom stereocenters. The Morgan fingerprint density at radius 3 is 2.55 bits per heavy atom. The Kier molecular flexibility index (Phi) is 4.02. The van der Waals surface area contributed by atoms with Crippen molar-refractivity contribution in [2.75, 3.05) is 6.61 Å². The van der Waals surface area contributed by atoms with Gasteiger partial charge in [-0.3, -0.25) is 10.1 Å². The van der Waals surface area contributed by atoms with E-state index in [0.717, 1.165) is 12.0 Å². The molecule has 4 nitrogen and oxygen atoms in total. The minimum atomic E-state index is -0.389. The molecule has 0 saturated carbocycles. The van der Waals surface area contributed by atoms with Gasteiger partial charge in [-0.15, -0.1) is 0 Å². The summed E-state index contributed by atoms with van der Waals surface area (Å²) in [7, 11) is 0. The highest BCUT2D eigenvalue weighted by Gasteiger charge is 2.18. The van der Waals surface area contributed by atoms with Crippen LogP contribution < -0.4 is 0 Å². The van der Waals surface area contributed by atoms with Gasteiger partial charge in [0, 0.05) is 12.1 Å². The van der Waals surface area contributed by atoms with Crippen LogP contribution in [0.25, 0.3) is 5.57 Å². The molecule has 1 heterocycles. The summed E-state index contributed by atoms with van der Waals surface area (Å²) in [6, 6.07) is 14.9. The molecule has 0 aliphatic carbocycles. The second-order valence-corrected chi connectivity index (χ2v) is 5.40. The first kappa shape index (κ1) is 14.5. The zero-order chi connectivity index (χ0) is 15.5. The molecular weight excluding hydrogens is 278 g/mol. The lowest BCUT2D eigenvalue weighted by Crippen LogP contribution is -2.10. The van der Waals surface area contributed by atoms with Crippen LogP contribution in [0, 0.1) is 17.0 Å². The standard InChI is InChI=1S/C18H17NO3/c1-13-4-2-3-5-17(13)15-10-11-22-18(12-15)14-6-8-16(9-7-14)19(20)21/h2-9,12,18H,10-11H2,1H3. The second-order valence-electron chi connectivity index (χ2n) is 5.40. The third-order valence-electron chi connectivity index (χ3n) is 3.94. The molecule has 3 rings (SSSR count). The molecule has 0 radical (unpaired) electrons. The van der Waals surface area contributed by atoms with Crippen molar-refractivity contribution in [1.82, 2.24) is 0 Å². The maximum Gasteiger partial charge on any atom is 0.269 e. The van der Waals surface area contributed by atoms with Crippen LogP contribution >= 0.6 is 0 Å². The molecule has 2 aromatic rings. The van der Waals surface area contributed by atoms with E-state index in [9.17, 15) is 10.1 Å². The normalized spacial score (nSPS) is 17.9. The van der Waals surface area contributed by atoms with E-state index in [1.54, 1.807) is 12.1 Å². The van der Waals surface area contributed by atoms with E-state index in [1.807, 2.05) is 12.1 Å². The SMILES string of the molecule is Cc1ccccc1C1=CC(c2ccc([N+](=O)[O-])cc2)OCC1. The number of rotatable bonds is 3. The van der Waals surface area contributed by atoms with Crippen LogP contribution in [-0.4, -0.2) is 11.5 Å². The quantitative estimate of drug-likeness (QED) is 0.621. The lowest BCUT2D eigenvalue weighted by molar-refractivity contribution is -0.384. The maximum atomic E-state index is 10.7. The number of nitro benzene ring substituents is 1. The van der Waals surface area contributed by atoms with E-state index in [1.165, 1.54) is 28.8 Å². The number of ether oxygens (including phenoxy) is 1. The largest absolute Gasteiger partial charge is 0.369 e. The predicted octanol–water partition coefficient (Wildman–Crippen LogP) is 4.45. The molecule has 0 bridgehead atoms. The fourth-order valence-corrected chi connectivity index (χ4v) is 2.75. The Morgan fingerprint density at radius 2 is 1.86 bits per heavy atom. The van der Waals surface area contributed by atoms with Gasteiger partial charge < -0.3 is 4.74 Å². The predicted molar refractivity (Wildman–Crippen MR) is 85.6 cm³/mol. The molecule has 0 saturated heterocycles. The summed E-state index contributed by atoms with van der Waals surface area (Å²) in [4.78, 5) is 10.3. The Bertz CT molecular complexity index is 719. The highest BCUT2D eigenvalue weighted by atomic mass is 16.6. The zero-order valence-electron chi connectivity index (χ0n) is 12.4. The molecular formula is C18H17NO3. The van der Waals surface area contributed by atoms with E-state index < -0.39 is 0 Å². The monoisotopic (exact) mass is 295 g/mol. The summed E-state index contributed by atoms with van der Waals surface area (Å²) in [6.45, 7) is 2.76. The lowest BCUT2D eigenvalue weighted by Gasteiger charge is -2.23. The first-order valence-corrected chi connectivity index (χ1v) is 7.28. The van der Waals surface area contributed by atoms with Gasteiger partial charge in [0.1, 0.15) is 6.10 Å². The minimum absolute atomic E-state index is 0.0997. The van der Waals surface area contributed by atoms with Crippen molar-refractivity contribution >= 4 is 11.3 Å². The van der Waals surface area contributed by atoms with E-state index in [2.05, 4.69) is 25.1 Å². The van der Waals surface area contributed by atoms with Crippen LogP contribution in [0.4, 0.5) is 5.69 Å². The average Bonchev–Trinajstić information content (AvgIpc) is 2.55. The molecule has 0 N–H and O–H groups in total. The number of hydrogen-bond donors (Lipinski definition) is 0. The van der Waals surface area contributed by atoms with Crippen LogP contribution in [0.3, 0.4) is 0 Å². The van der Waals surface area contributed by atoms with Gasteiger partial charge in [0.15, 0.2) is 0 Å². The molecule has 112 valence electrons. The summed E-state index contributed by atoms with van der Waals surface area (Å²) in [5.74, 6) is 0. The van der Waals surface area contributed by atoms with Gasteiger partial charge in [-0.1, -0.05) is 24.3 Å². The first-order chi connectivity index (χ1) is 10.6. The summed E-state index contributed by atoms with van der Waals surface area (Å²) < 4.78 is 5.81. The maximum absolute atomic E-state index is 10.7. The van der Waals surface area contributed by atoms with Gasteiger partial charge >= 0.3 is 0 Å². The molecule has 1 aliphatic heterocycles. The van der Waals surface area contributed by atoms with Crippen molar-refractivity contribution in [2.45, 2.75) is 19.4 Å². The topological polar surface area (TPSA) is 52.4 Å². The van der Waals surface area contributed by atoms with Gasteiger partial charge in [0.05, 0.1) is 11.5 Å². The molecule has 0 aromatic heterocycles. The molecule has 1 unspecified atom stereocenters. The van der Waals surface area contributed by atoms with Gasteiger partial charge in [-0.25, -0.2) is 0 Å². The Hall–Kier alpha value is -2.46. The van der Waals surface area contributed by atoms with Crippen molar-refractivity contribution in [3.8, 4) is 0 Å². The number of hydrogen-bond acceptors (Lipinski definition) is 3. The molecule has 4 heteroatoms. The van der Waals surface area contributed by atoms with E-state index >= 15 is 0 Å². The second kappa shape index (κ2) is 6.12. The van der Waals surface area contributed by atoms with Crippen LogP contribution in [0.1, 0.15) is 29.2 Å². The average molecular weight is 295 g/mol. The fourth-order valence-electron chi connectivity index (χ4n) is 2.75. The number of non-ortho nitro benzene ring substituents is 1. The Labute approximate surface area is 129 Å². The lowest BCUT2D eigenvalue weighted by atomic mass is 9.94. The van der Waals surface area contributed by atoms with Crippen molar-refractivity contribution in [3.05, 3.63) is 81.4 Å². The number of aryl methyl sites for hydroxylation is 1. The van der Waals surface area contributed by atoms with Crippen molar-refractivity contribution in [3.63, 3.8) is 0 Å². The van der Waals surface area contributed by atoms with Crippen LogP contribution in [0.5, 0.6) is 0 Å². The zero-order valence-corrected chi connectivity index (χ0v) is 12.4. The molecule has 0 spiro atoms. The van der Waals surface area contributed by atoms with Gasteiger partial charge in [0.25, 0.3) is 5.69 Å². The molecule has 22 heavy (non-hydrogen) atoms. The summed E-state index contributed by atoms with van der Waals surface area (Å²) in [6.07, 6.45) is 2.85. The Morgan fingerprint density at radius 1 is 1.14 bits per heavy atom. The van der Waals surface area contributed by atoms with E-state index in [4.69, 9.17) is 4.74 Å². The van der Waals surface area contributed by atoms with Gasteiger partial charge in [-0.2, -0.15) is 0 Å². The third kappa shape index (κ3) is 2.92. The van der Waals surface area contributed by atoms with E-state index in [-0.39, 0.29) is 16.7 Å². The number of nitrogens with zero attached hydrogens (tertiary/aromatic N) is 1. The molecule has 0 fully saturated rings. The third-order valence-corrected chi connectivity index (χ3v) is 3.94. The number of benzene rings is 2. The van der Waals surface area contributed by atoms with Crippen LogP contribution in [0.2, 0.25) is 0 Å². The van der Waals surface area contributed by atoms with E-state index in [0.29, 0.717) is 6.61 Å². The number of nitro groups is 1. The summed E-state index contributed by atoms with van der Waals surface area (Å²) in [5.41, 5.74) is 4.81. The van der Waals surface area contributed by atoms with Crippen LogP contribution in [-0.2, 0) is 4.74 Å². The van der Waals surface area contributed by atoms with Crippen LogP contribution in [0.15, 0.2) is 54.6 Å². The van der Waals surface area contributed by atoms with Crippen molar-refractivity contribution < 1.29 is 9.66 Å². The minimum Gasteiger partial charge on any atom is -0.369 e. The smallest absolute Gasteiger partial charge is 0.269 e. The van der Waals surface area contributed by atoms with Gasteiger partial charge in [-0.05, 0) is 53.8 Å².